The fraction of sp³-hybridized carbons (Fsp3) is 0.111. The van der Waals surface area contributed by atoms with Crippen molar-refractivity contribution in [2.75, 3.05) is 7.11 Å². The van der Waals surface area contributed by atoms with Crippen LogP contribution in [0.4, 0.5) is 0 Å². The fourth-order valence-electron chi connectivity index (χ4n) is 1.21. The Balaban J connectivity index is 3.71. The predicted octanol–water partition coefficient (Wildman–Crippen LogP) is 1.31. The zero-order valence-corrected chi connectivity index (χ0v) is 9.67. The summed E-state index contributed by atoms with van der Waals surface area (Å²) in [6.45, 7) is 0. The van der Waals surface area contributed by atoms with Crippen LogP contribution in [0.3, 0.4) is 0 Å². The quantitative estimate of drug-likeness (QED) is 0.603. The maximum atomic E-state index is 11.1. The Morgan fingerprint density at radius 1 is 1.50 bits per heavy atom. The Labute approximate surface area is 96.6 Å². The molecular weight excluding hydrogens is 254 g/mol. The van der Waals surface area contributed by atoms with E-state index in [1.165, 1.54) is 13.2 Å². The van der Waals surface area contributed by atoms with E-state index in [1.807, 2.05) is 0 Å². The molecule has 0 aliphatic rings. The van der Waals surface area contributed by atoms with Crippen LogP contribution in [0.1, 0.15) is 15.9 Å². The van der Waals surface area contributed by atoms with E-state index in [1.54, 1.807) is 6.07 Å². The monoisotopic (exact) mass is 259 g/mol. The van der Waals surface area contributed by atoms with Crippen molar-refractivity contribution in [3.05, 3.63) is 23.3 Å². The first-order valence-electron chi connectivity index (χ1n) is 3.96. The zero-order chi connectivity index (χ0) is 12.3. The Hall–Kier alpha value is -1.58. The van der Waals surface area contributed by atoms with Crippen molar-refractivity contribution < 1.29 is 17.9 Å². The first kappa shape index (κ1) is 12.5. The predicted molar refractivity (Wildman–Crippen MR) is 56.1 cm³/mol. The number of ether oxygens (including phenoxy) is 1. The minimum atomic E-state index is -4.05. The van der Waals surface area contributed by atoms with Crippen LogP contribution >= 0.6 is 10.7 Å². The normalized spacial score (nSPS) is 10.6. The standard InChI is InChI=1S/C9H6ClNO4S/c1-15-9-6(4-11)2-3-8(7(9)5-12)16(10,13)14/h2-3,5H,1H3. The topological polar surface area (TPSA) is 84.2 Å². The van der Waals surface area contributed by atoms with Crippen molar-refractivity contribution in [3.8, 4) is 11.8 Å². The average molecular weight is 260 g/mol. The molecule has 16 heavy (non-hydrogen) atoms. The van der Waals surface area contributed by atoms with Gasteiger partial charge in [-0.25, -0.2) is 8.42 Å². The lowest BCUT2D eigenvalue weighted by Crippen LogP contribution is -2.02. The second kappa shape index (κ2) is 4.51. The molecule has 1 aromatic rings. The maximum Gasteiger partial charge on any atom is 0.262 e. The average Bonchev–Trinajstić information content (AvgIpc) is 2.25. The molecule has 0 saturated carbocycles. The molecule has 0 unspecified atom stereocenters. The van der Waals surface area contributed by atoms with Crippen molar-refractivity contribution in [1.82, 2.24) is 0 Å². The molecule has 0 amide bonds. The lowest BCUT2D eigenvalue weighted by Gasteiger charge is -2.08. The van der Waals surface area contributed by atoms with Crippen LogP contribution in [0.15, 0.2) is 17.0 Å². The van der Waals surface area contributed by atoms with Gasteiger partial charge >= 0.3 is 0 Å². The van der Waals surface area contributed by atoms with Crippen LogP contribution in [0.5, 0.6) is 5.75 Å². The van der Waals surface area contributed by atoms with Gasteiger partial charge in [0.25, 0.3) is 9.05 Å². The molecule has 0 atom stereocenters. The van der Waals surface area contributed by atoms with E-state index in [0.29, 0.717) is 0 Å². The number of methoxy groups -OCH3 is 1. The van der Waals surface area contributed by atoms with Crippen LogP contribution < -0.4 is 4.74 Å². The molecule has 5 nitrogen and oxygen atoms in total. The summed E-state index contributed by atoms with van der Waals surface area (Å²) in [4.78, 5) is 10.4. The summed E-state index contributed by atoms with van der Waals surface area (Å²) in [6, 6.07) is 4.09. The van der Waals surface area contributed by atoms with Gasteiger partial charge < -0.3 is 4.74 Å². The van der Waals surface area contributed by atoms with E-state index in [4.69, 9.17) is 20.7 Å². The van der Waals surface area contributed by atoms with Crippen LogP contribution in [-0.4, -0.2) is 21.8 Å². The molecule has 0 fully saturated rings. The minimum absolute atomic E-state index is 0.0636. The van der Waals surface area contributed by atoms with Crippen molar-refractivity contribution >= 4 is 26.0 Å². The highest BCUT2D eigenvalue weighted by Gasteiger charge is 2.21. The number of benzene rings is 1. The van der Waals surface area contributed by atoms with E-state index in [2.05, 4.69) is 0 Å². The van der Waals surface area contributed by atoms with E-state index in [-0.39, 0.29) is 28.1 Å². The number of rotatable bonds is 3. The highest BCUT2D eigenvalue weighted by Crippen LogP contribution is 2.29. The van der Waals surface area contributed by atoms with Crippen molar-refractivity contribution in [3.63, 3.8) is 0 Å². The van der Waals surface area contributed by atoms with Crippen LogP contribution in [-0.2, 0) is 9.05 Å². The van der Waals surface area contributed by atoms with Crippen LogP contribution in [0.2, 0.25) is 0 Å². The summed E-state index contributed by atoms with van der Waals surface area (Å²) < 4.78 is 27.1. The SMILES string of the molecule is COc1c(C#N)ccc(S(=O)(=O)Cl)c1C=O. The summed E-state index contributed by atoms with van der Waals surface area (Å²) in [7, 11) is 2.32. The molecular formula is C9H6ClNO4S. The third-order valence-corrected chi connectivity index (χ3v) is 3.24. The summed E-state index contributed by atoms with van der Waals surface area (Å²) in [5.74, 6) is -0.0979. The minimum Gasteiger partial charge on any atom is -0.495 e. The number of nitrogens with zero attached hydrogens (tertiary/aromatic N) is 1. The third kappa shape index (κ3) is 2.15. The molecule has 1 rings (SSSR count). The number of aldehydes is 1. The van der Waals surface area contributed by atoms with Gasteiger partial charge in [-0.1, -0.05) is 0 Å². The molecule has 0 N–H and O–H groups in total. The molecule has 0 heterocycles. The molecule has 0 saturated heterocycles. The Bertz CT molecular complexity index is 574. The van der Waals surface area contributed by atoms with Crippen molar-refractivity contribution in [1.29, 1.82) is 5.26 Å². The molecule has 0 bridgehead atoms. The molecule has 0 aliphatic heterocycles. The number of hydrogen-bond acceptors (Lipinski definition) is 5. The van der Waals surface area contributed by atoms with E-state index in [9.17, 15) is 13.2 Å². The summed E-state index contributed by atoms with van der Waals surface area (Å²) in [5, 5.41) is 8.73. The van der Waals surface area contributed by atoms with Gasteiger partial charge in [-0.2, -0.15) is 5.26 Å². The number of halogens is 1. The van der Waals surface area contributed by atoms with Gasteiger partial charge in [0.05, 0.1) is 23.1 Å². The van der Waals surface area contributed by atoms with Crippen molar-refractivity contribution in [2.24, 2.45) is 0 Å². The van der Waals surface area contributed by atoms with Gasteiger partial charge in [0.15, 0.2) is 6.29 Å². The summed E-state index contributed by atoms with van der Waals surface area (Å²) in [6.07, 6.45) is 0.287. The number of carbonyl (C=O) groups excluding carboxylic acids is 1. The van der Waals surface area contributed by atoms with Gasteiger partial charge in [0, 0.05) is 10.7 Å². The lowest BCUT2D eigenvalue weighted by atomic mass is 10.1. The highest BCUT2D eigenvalue weighted by atomic mass is 35.7. The fourth-order valence-corrected chi connectivity index (χ4v) is 2.25. The maximum absolute atomic E-state index is 11.1. The molecule has 0 spiro atoms. The van der Waals surface area contributed by atoms with Crippen LogP contribution in [0.25, 0.3) is 0 Å². The number of nitriles is 1. The number of hydrogen-bond donors (Lipinski definition) is 0. The molecule has 1 aromatic carbocycles. The van der Waals surface area contributed by atoms with E-state index >= 15 is 0 Å². The van der Waals surface area contributed by atoms with Crippen LogP contribution in [0, 0.1) is 11.3 Å². The second-order valence-corrected chi connectivity index (χ2v) is 5.26. The molecule has 0 aromatic heterocycles. The Kier molecular flexibility index (Phi) is 3.52. The largest absolute Gasteiger partial charge is 0.495 e. The Morgan fingerprint density at radius 2 is 2.12 bits per heavy atom. The Morgan fingerprint density at radius 3 is 2.50 bits per heavy atom. The zero-order valence-electron chi connectivity index (χ0n) is 8.10. The molecule has 0 radical (unpaired) electrons. The summed E-state index contributed by atoms with van der Waals surface area (Å²) in [5.41, 5.74) is -0.190. The van der Waals surface area contributed by atoms with Gasteiger partial charge in [-0.05, 0) is 12.1 Å². The molecule has 7 heteroatoms. The first-order chi connectivity index (χ1) is 7.45. The molecule has 84 valence electrons. The lowest BCUT2D eigenvalue weighted by molar-refractivity contribution is 0.111. The summed E-state index contributed by atoms with van der Waals surface area (Å²) >= 11 is 0. The molecule has 0 aliphatic carbocycles. The van der Waals surface area contributed by atoms with E-state index < -0.39 is 9.05 Å². The van der Waals surface area contributed by atoms with Gasteiger partial charge in [0.2, 0.25) is 0 Å². The van der Waals surface area contributed by atoms with Gasteiger partial charge in [0.1, 0.15) is 11.8 Å². The number of carbonyl (C=O) groups is 1. The van der Waals surface area contributed by atoms with E-state index in [0.717, 1.165) is 6.07 Å². The third-order valence-electron chi connectivity index (χ3n) is 1.86. The second-order valence-electron chi connectivity index (χ2n) is 2.73. The smallest absolute Gasteiger partial charge is 0.262 e. The highest BCUT2D eigenvalue weighted by molar-refractivity contribution is 8.13. The van der Waals surface area contributed by atoms with Gasteiger partial charge in [-0.15, -0.1) is 0 Å². The van der Waals surface area contributed by atoms with Gasteiger partial charge in [-0.3, -0.25) is 4.79 Å². The first-order valence-corrected chi connectivity index (χ1v) is 6.27. The van der Waals surface area contributed by atoms with Crippen molar-refractivity contribution in [2.45, 2.75) is 4.90 Å².